The summed E-state index contributed by atoms with van der Waals surface area (Å²) in [6, 6.07) is 9.24. The highest BCUT2D eigenvalue weighted by Gasteiger charge is 2.14. The minimum absolute atomic E-state index is 0.0950. The molecule has 0 aliphatic rings. The van der Waals surface area contributed by atoms with Crippen LogP contribution in [0.25, 0.3) is 10.9 Å². The predicted octanol–water partition coefficient (Wildman–Crippen LogP) is 2.21. The molecule has 0 N–H and O–H groups in total. The molecule has 1 aromatic heterocycles. The number of methoxy groups -OCH3 is 1. The van der Waals surface area contributed by atoms with Crippen LogP contribution in [0.4, 0.5) is 0 Å². The van der Waals surface area contributed by atoms with Gasteiger partial charge in [0.15, 0.2) is 5.16 Å². The van der Waals surface area contributed by atoms with Crippen LogP contribution in [0.15, 0.2) is 34.2 Å². The van der Waals surface area contributed by atoms with Gasteiger partial charge in [0, 0.05) is 12.3 Å². The predicted molar refractivity (Wildman–Crippen MR) is 88.1 cm³/mol. The van der Waals surface area contributed by atoms with E-state index in [0.717, 1.165) is 0 Å². The summed E-state index contributed by atoms with van der Waals surface area (Å²) in [4.78, 5) is 28.5. The highest BCUT2D eigenvalue weighted by Crippen LogP contribution is 2.20. The van der Waals surface area contributed by atoms with E-state index >= 15 is 0 Å². The first-order chi connectivity index (χ1) is 11.1. The van der Waals surface area contributed by atoms with Gasteiger partial charge in [0.2, 0.25) is 0 Å². The highest BCUT2D eigenvalue weighted by molar-refractivity contribution is 7.99. The van der Waals surface area contributed by atoms with Gasteiger partial charge in [-0.1, -0.05) is 23.9 Å². The Kier molecular flexibility index (Phi) is 5.77. The van der Waals surface area contributed by atoms with Gasteiger partial charge in [-0.15, -0.1) is 0 Å². The summed E-state index contributed by atoms with van der Waals surface area (Å²) in [5.74, 6) is -0.0108. The van der Waals surface area contributed by atoms with E-state index in [4.69, 9.17) is 5.26 Å². The molecule has 7 heteroatoms. The number of hydrogen-bond donors (Lipinski definition) is 0. The number of para-hydroxylation sites is 1. The molecule has 1 atom stereocenters. The normalized spacial score (nSPS) is 11.9. The number of benzene rings is 1. The number of carbonyl (C=O) groups is 1. The van der Waals surface area contributed by atoms with Crippen LogP contribution < -0.4 is 5.56 Å². The molecule has 0 radical (unpaired) electrons. The Bertz CT molecular complexity index is 810. The molecule has 1 aromatic carbocycles. The van der Waals surface area contributed by atoms with Crippen molar-refractivity contribution in [2.45, 2.75) is 25.0 Å². The monoisotopic (exact) mass is 331 g/mol. The minimum atomic E-state index is -0.383. The molecule has 0 saturated carbocycles. The molecule has 23 heavy (non-hydrogen) atoms. The zero-order chi connectivity index (χ0) is 16.8. The number of nitriles is 1. The van der Waals surface area contributed by atoms with Gasteiger partial charge in [-0.2, -0.15) is 5.26 Å². The molecule has 2 rings (SSSR count). The molecule has 1 heterocycles. The Morgan fingerprint density at radius 2 is 2.22 bits per heavy atom. The van der Waals surface area contributed by atoms with Crippen molar-refractivity contribution in [3.8, 4) is 6.07 Å². The molecular formula is C16H17N3O3S. The van der Waals surface area contributed by atoms with E-state index in [9.17, 15) is 9.59 Å². The standard InChI is InChI=1S/C16H17N3O3S/c1-11(9-17)10-23-16-18-13-6-4-3-5-12(13)15(21)19(16)8-7-14(20)22-2/h3-6,11H,7-8,10H2,1-2H3/t11-/m0/s1. The number of hydrogen-bond acceptors (Lipinski definition) is 6. The Morgan fingerprint density at radius 3 is 2.91 bits per heavy atom. The van der Waals surface area contributed by atoms with Crippen LogP contribution in [0.3, 0.4) is 0 Å². The topological polar surface area (TPSA) is 85.0 Å². The maximum Gasteiger partial charge on any atom is 0.307 e. The number of fused-ring (bicyclic) bond motifs is 1. The van der Waals surface area contributed by atoms with Crippen molar-refractivity contribution in [2.75, 3.05) is 12.9 Å². The first-order valence-electron chi connectivity index (χ1n) is 7.15. The summed E-state index contributed by atoms with van der Waals surface area (Å²) in [7, 11) is 1.31. The van der Waals surface area contributed by atoms with Gasteiger partial charge in [0.25, 0.3) is 5.56 Å². The van der Waals surface area contributed by atoms with Crippen molar-refractivity contribution < 1.29 is 9.53 Å². The molecule has 0 saturated heterocycles. The third-order valence-electron chi connectivity index (χ3n) is 3.28. The summed E-state index contributed by atoms with van der Waals surface area (Å²) < 4.78 is 6.11. The summed E-state index contributed by atoms with van der Waals surface area (Å²) in [5, 5.41) is 9.93. The average Bonchev–Trinajstić information content (AvgIpc) is 2.58. The summed E-state index contributed by atoms with van der Waals surface area (Å²) >= 11 is 1.35. The number of carbonyl (C=O) groups excluding carboxylic acids is 1. The molecule has 0 bridgehead atoms. The van der Waals surface area contributed by atoms with Gasteiger partial charge < -0.3 is 4.74 Å². The van der Waals surface area contributed by atoms with Crippen molar-refractivity contribution >= 4 is 28.6 Å². The van der Waals surface area contributed by atoms with Crippen molar-refractivity contribution in [3.05, 3.63) is 34.6 Å². The van der Waals surface area contributed by atoms with Crippen LogP contribution in [0.5, 0.6) is 0 Å². The van der Waals surface area contributed by atoms with Gasteiger partial charge in [0.1, 0.15) is 0 Å². The number of aromatic nitrogens is 2. The highest BCUT2D eigenvalue weighted by atomic mass is 32.2. The summed E-state index contributed by atoms with van der Waals surface area (Å²) in [6.07, 6.45) is 0.0950. The second kappa shape index (κ2) is 7.79. The van der Waals surface area contributed by atoms with Crippen molar-refractivity contribution in [1.29, 1.82) is 5.26 Å². The van der Waals surface area contributed by atoms with Crippen LogP contribution in [0.2, 0.25) is 0 Å². The minimum Gasteiger partial charge on any atom is -0.469 e. The van der Waals surface area contributed by atoms with E-state index in [1.165, 1.54) is 23.4 Å². The summed E-state index contributed by atoms with van der Waals surface area (Å²) in [6.45, 7) is 2.01. The zero-order valence-corrected chi connectivity index (χ0v) is 13.8. The molecule has 0 unspecified atom stereocenters. The Hall–Kier alpha value is -2.33. The van der Waals surface area contributed by atoms with Crippen LogP contribution in [0.1, 0.15) is 13.3 Å². The van der Waals surface area contributed by atoms with Crippen LogP contribution in [-0.2, 0) is 16.1 Å². The van der Waals surface area contributed by atoms with Gasteiger partial charge in [-0.25, -0.2) is 4.98 Å². The van der Waals surface area contributed by atoms with Crippen LogP contribution in [-0.4, -0.2) is 28.4 Å². The first-order valence-corrected chi connectivity index (χ1v) is 8.14. The third kappa shape index (κ3) is 4.11. The Labute approximate surface area is 138 Å². The quantitative estimate of drug-likeness (QED) is 0.458. The fourth-order valence-corrected chi connectivity index (χ4v) is 2.96. The molecule has 0 amide bonds. The third-order valence-corrected chi connectivity index (χ3v) is 4.51. The maximum atomic E-state index is 12.7. The lowest BCUT2D eigenvalue weighted by Gasteiger charge is -2.13. The largest absolute Gasteiger partial charge is 0.469 e. The number of nitrogens with zero attached hydrogens (tertiary/aromatic N) is 3. The summed E-state index contributed by atoms with van der Waals surface area (Å²) in [5.41, 5.74) is 0.422. The van der Waals surface area contributed by atoms with Gasteiger partial charge >= 0.3 is 5.97 Å². The molecule has 0 aliphatic heterocycles. The molecule has 0 spiro atoms. The zero-order valence-electron chi connectivity index (χ0n) is 13.0. The molecule has 0 aliphatic carbocycles. The average molecular weight is 331 g/mol. The number of esters is 1. The van der Waals surface area contributed by atoms with E-state index in [0.29, 0.717) is 21.8 Å². The maximum absolute atomic E-state index is 12.7. The number of rotatable bonds is 6. The van der Waals surface area contributed by atoms with E-state index in [1.807, 2.05) is 13.0 Å². The fourth-order valence-electron chi connectivity index (χ4n) is 2.00. The smallest absolute Gasteiger partial charge is 0.307 e. The fraction of sp³-hybridized carbons (Fsp3) is 0.375. The lowest BCUT2D eigenvalue weighted by atomic mass is 10.2. The van der Waals surface area contributed by atoms with Crippen LogP contribution in [0, 0.1) is 17.2 Å². The van der Waals surface area contributed by atoms with E-state index in [2.05, 4.69) is 15.8 Å². The van der Waals surface area contributed by atoms with E-state index in [-0.39, 0.29) is 30.4 Å². The SMILES string of the molecule is COC(=O)CCn1c(SC[C@@H](C)C#N)nc2ccccc2c1=O. The second-order valence-corrected chi connectivity index (χ2v) is 6.02. The second-order valence-electron chi connectivity index (χ2n) is 5.04. The lowest BCUT2D eigenvalue weighted by molar-refractivity contribution is -0.140. The molecule has 2 aromatic rings. The molecule has 120 valence electrons. The molecule has 6 nitrogen and oxygen atoms in total. The van der Waals surface area contributed by atoms with E-state index in [1.54, 1.807) is 18.2 Å². The van der Waals surface area contributed by atoms with Crippen molar-refractivity contribution in [3.63, 3.8) is 0 Å². The first kappa shape index (κ1) is 17.0. The Morgan fingerprint density at radius 1 is 1.48 bits per heavy atom. The molecule has 0 fully saturated rings. The van der Waals surface area contributed by atoms with Gasteiger partial charge in [0.05, 0.1) is 36.4 Å². The molecular weight excluding hydrogens is 314 g/mol. The lowest BCUT2D eigenvalue weighted by Crippen LogP contribution is -2.25. The van der Waals surface area contributed by atoms with E-state index < -0.39 is 0 Å². The van der Waals surface area contributed by atoms with Crippen molar-refractivity contribution in [2.24, 2.45) is 5.92 Å². The van der Waals surface area contributed by atoms with Gasteiger partial charge in [-0.3, -0.25) is 14.2 Å². The van der Waals surface area contributed by atoms with Crippen LogP contribution >= 0.6 is 11.8 Å². The number of ether oxygens (including phenoxy) is 1. The Balaban J connectivity index is 2.42. The van der Waals surface area contributed by atoms with Gasteiger partial charge in [-0.05, 0) is 19.1 Å². The number of thioether (sulfide) groups is 1. The van der Waals surface area contributed by atoms with Crippen molar-refractivity contribution in [1.82, 2.24) is 9.55 Å².